The van der Waals surface area contributed by atoms with Crippen LogP contribution in [-0.4, -0.2) is 41.3 Å². The van der Waals surface area contributed by atoms with E-state index in [2.05, 4.69) is 10.4 Å². The van der Waals surface area contributed by atoms with Crippen LogP contribution in [0.3, 0.4) is 0 Å². The third-order valence-corrected chi connectivity index (χ3v) is 2.85. The Balaban J connectivity index is 2.64. The molecule has 17 heavy (non-hydrogen) atoms. The van der Waals surface area contributed by atoms with E-state index in [-0.39, 0.29) is 11.3 Å². The number of methoxy groups -OCH3 is 1. The highest BCUT2D eigenvalue weighted by atomic mass is 35.5. The van der Waals surface area contributed by atoms with Crippen LogP contribution in [0.2, 0.25) is 0 Å². The van der Waals surface area contributed by atoms with E-state index in [0.717, 1.165) is 11.4 Å². The van der Waals surface area contributed by atoms with E-state index < -0.39 is 0 Å². The Bertz CT molecular complexity index is 404. The number of halogens is 1. The fourth-order valence-corrected chi connectivity index (χ4v) is 1.84. The number of carbonyl (C=O) groups excluding carboxylic acids is 1. The average molecular weight is 260 g/mol. The first kappa shape index (κ1) is 14.0. The maximum absolute atomic E-state index is 11.9. The summed E-state index contributed by atoms with van der Waals surface area (Å²) < 4.78 is 6.59. The molecule has 6 heteroatoms. The van der Waals surface area contributed by atoms with Crippen LogP contribution < -0.4 is 5.32 Å². The lowest BCUT2D eigenvalue weighted by atomic mass is 10.2. The molecule has 0 aliphatic heterocycles. The number of aryl methyl sites for hydroxylation is 2. The number of hydrogen-bond donors (Lipinski definition) is 1. The number of alkyl halides is 1. The summed E-state index contributed by atoms with van der Waals surface area (Å²) in [4.78, 5) is 11.9. The number of hydrogen-bond acceptors (Lipinski definition) is 3. The Morgan fingerprint density at radius 3 is 2.71 bits per heavy atom. The zero-order chi connectivity index (χ0) is 13.0. The summed E-state index contributed by atoms with van der Waals surface area (Å²) in [5.41, 5.74) is 2.19. The summed E-state index contributed by atoms with van der Waals surface area (Å²) in [5.74, 6) is -0.144. The van der Waals surface area contributed by atoms with Crippen LogP contribution in [0.1, 0.15) is 21.7 Å². The molecule has 1 aromatic rings. The van der Waals surface area contributed by atoms with Crippen molar-refractivity contribution in [3.05, 3.63) is 17.0 Å². The molecule has 0 aromatic carbocycles. The number of amides is 1. The van der Waals surface area contributed by atoms with E-state index >= 15 is 0 Å². The maximum atomic E-state index is 11.9. The molecule has 1 N–H and O–H groups in total. The summed E-state index contributed by atoms with van der Waals surface area (Å²) in [6.45, 7) is 4.46. The number of rotatable bonds is 5. The van der Waals surface area contributed by atoms with E-state index in [0.29, 0.717) is 18.7 Å². The SMILES string of the molecule is COCC(Cl)CNC(=O)c1c(C)nn(C)c1C. The van der Waals surface area contributed by atoms with Gasteiger partial charge in [0.15, 0.2) is 0 Å². The highest BCUT2D eigenvalue weighted by molar-refractivity contribution is 6.21. The molecule has 1 atom stereocenters. The van der Waals surface area contributed by atoms with Crippen molar-refractivity contribution in [2.75, 3.05) is 20.3 Å². The number of ether oxygens (including phenoxy) is 1. The molecular formula is C11H18ClN3O2. The molecule has 5 nitrogen and oxygen atoms in total. The fraction of sp³-hybridized carbons (Fsp3) is 0.636. The predicted octanol–water partition coefficient (Wildman–Crippen LogP) is 1.02. The standard InChI is InChI=1S/C11H18ClN3O2/c1-7-10(8(2)15(3)14-7)11(16)13-5-9(12)6-17-4/h9H,5-6H2,1-4H3,(H,13,16). The molecule has 1 unspecified atom stereocenters. The molecule has 0 radical (unpaired) electrons. The highest BCUT2D eigenvalue weighted by Gasteiger charge is 2.17. The molecule has 1 rings (SSSR count). The first-order valence-electron chi connectivity index (χ1n) is 5.38. The van der Waals surface area contributed by atoms with Gasteiger partial charge in [0, 0.05) is 26.4 Å². The monoisotopic (exact) mass is 259 g/mol. The van der Waals surface area contributed by atoms with Gasteiger partial charge in [-0.2, -0.15) is 5.10 Å². The fourth-order valence-electron chi connectivity index (χ4n) is 1.63. The minimum absolute atomic E-state index is 0.144. The molecule has 0 bridgehead atoms. The predicted molar refractivity (Wildman–Crippen MR) is 66.5 cm³/mol. The quantitative estimate of drug-likeness (QED) is 0.804. The van der Waals surface area contributed by atoms with E-state index in [9.17, 15) is 4.79 Å². The third-order valence-electron chi connectivity index (χ3n) is 2.57. The second kappa shape index (κ2) is 6.02. The van der Waals surface area contributed by atoms with Crippen molar-refractivity contribution in [3.63, 3.8) is 0 Å². The van der Waals surface area contributed by atoms with Crippen molar-refractivity contribution in [1.29, 1.82) is 0 Å². The summed E-state index contributed by atoms with van der Waals surface area (Å²) in [6.07, 6.45) is 0. The summed E-state index contributed by atoms with van der Waals surface area (Å²) in [7, 11) is 3.39. The van der Waals surface area contributed by atoms with Crippen molar-refractivity contribution in [3.8, 4) is 0 Å². The van der Waals surface area contributed by atoms with Crippen molar-refractivity contribution in [1.82, 2.24) is 15.1 Å². The number of carbonyl (C=O) groups is 1. The summed E-state index contributed by atoms with van der Waals surface area (Å²) >= 11 is 5.94. The smallest absolute Gasteiger partial charge is 0.255 e. The van der Waals surface area contributed by atoms with Crippen LogP contribution in [0, 0.1) is 13.8 Å². The lowest BCUT2D eigenvalue weighted by Crippen LogP contribution is -2.32. The van der Waals surface area contributed by atoms with Crippen molar-refractivity contribution >= 4 is 17.5 Å². The summed E-state index contributed by atoms with van der Waals surface area (Å²) in [5, 5.41) is 6.75. The van der Waals surface area contributed by atoms with Crippen molar-refractivity contribution in [2.24, 2.45) is 7.05 Å². The Morgan fingerprint density at radius 2 is 2.24 bits per heavy atom. The van der Waals surface area contributed by atoms with Gasteiger partial charge in [0.05, 0.1) is 23.2 Å². The maximum Gasteiger partial charge on any atom is 0.255 e. The van der Waals surface area contributed by atoms with Gasteiger partial charge in [0.1, 0.15) is 0 Å². The van der Waals surface area contributed by atoms with E-state index in [4.69, 9.17) is 16.3 Å². The van der Waals surface area contributed by atoms with Crippen molar-refractivity contribution in [2.45, 2.75) is 19.2 Å². The lowest BCUT2D eigenvalue weighted by molar-refractivity contribution is 0.0948. The van der Waals surface area contributed by atoms with Gasteiger partial charge in [0.25, 0.3) is 5.91 Å². The largest absolute Gasteiger partial charge is 0.383 e. The van der Waals surface area contributed by atoms with Gasteiger partial charge in [-0.15, -0.1) is 11.6 Å². The van der Waals surface area contributed by atoms with Crippen LogP contribution in [0.5, 0.6) is 0 Å². The molecule has 1 aromatic heterocycles. The third kappa shape index (κ3) is 3.44. The topological polar surface area (TPSA) is 56.1 Å². The van der Waals surface area contributed by atoms with Gasteiger partial charge in [-0.1, -0.05) is 0 Å². The van der Waals surface area contributed by atoms with Gasteiger partial charge in [-0.05, 0) is 13.8 Å². The molecule has 1 heterocycles. The Morgan fingerprint density at radius 1 is 1.59 bits per heavy atom. The van der Waals surface area contributed by atoms with E-state index in [1.54, 1.807) is 11.8 Å². The Hall–Kier alpha value is -1.07. The molecule has 0 fully saturated rings. The molecule has 0 spiro atoms. The van der Waals surface area contributed by atoms with Crippen LogP contribution in [0.25, 0.3) is 0 Å². The highest BCUT2D eigenvalue weighted by Crippen LogP contribution is 2.11. The van der Waals surface area contributed by atoms with Gasteiger partial charge < -0.3 is 10.1 Å². The van der Waals surface area contributed by atoms with Gasteiger partial charge >= 0.3 is 0 Å². The zero-order valence-corrected chi connectivity index (χ0v) is 11.3. The Kier molecular flexibility index (Phi) is 4.96. The normalized spacial score (nSPS) is 12.5. The Labute approximate surface area is 106 Å². The second-order valence-electron chi connectivity index (χ2n) is 3.93. The number of aromatic nitrogens is 2. The van der Waals surface area contributed by atoms with Crippen molar-refractivity contribution < 1.29 is 9.53 Å². The number of nitrogens with one attached hydrogen (secondary N) is 1. The molecule has 1 amide bonds. The van der Waals surface area contributed by atoms with Crippen LogP contribution in [0.15, 0.2) is 0 Å². The minimum Gasteiger partial charge on any atom is -0.383 e. The van der Waals surface area contributed by atoms with Gasteiger partial charge in [-0.3, -0.25) is 9.48 Å². The van der Waals surface area contributed by atoms with E-state index in [1.807, 2.05) is 20.9 Å². The van der Waals surface area contributed by atoms with Crippen LogP contribution in [0.4, 0.5) is 0 Å². The van der Waals surface area contributed by atoms with Gasteiger partial charge in [0.2, 0.25) is 0 Å². The van der Waals surface area contributed by atoms with Crippen LogP contribution >= 0.6 is 11.6 Å². The molecular weight excluding hydrogens is 242 g/mol. The minimum atomic E-state index is -0.221. The number of nitrogens with zero attached hydrogens (tertiary/aromatic N) is 2. The van der Waals surface area contributed by atoms with E-state index in [1.165, 1.54) is 0 Å². The van der Waals surface area contributed by atoms with Gasteiger partial charge in [-0.25, -0.2) is 0 Å². The first-order chi connectivity index (χ1) is 7.97. The molecule has 0 aliphatic carbocycles. The molecule has 96 valence electrons. The second-order valence-corrected chi connectivity index (χ2v) is 4.55. The molecule has 0 saturated heterocycles. The lowest BCUT2D eigenvalue weighted by Gasteiger charge is -2.10. The average Bonchev–Trinajstić information content (AvgIpc) is 2.50. The molecule has 0 aliphatic rings. The zero-order valence-electron chi connectivity index (χ0n) is 10.6. The first-order valence-corrected chi connectivity index (χ1v) is 5.82. The van der Waals surface area contributed by atoms with Crippen LogP contribution in [-0.2, 0) is 11.8 Å². The summed E-state index contributed by atoms with van der Waals surface area (Å²) in [6, 6.07) is 0. The molecule has 0 saturated carbocycles.